The summed E-state index contributed by atoms with van der Waals surface area (Å²) in [5, 5.41) is 0. The maximum absolute atomic E-state index is 11.9. The Morgan fingerprint density at radius 3 is 2.47 bits per heavy atom. The molecule has 0 amide bonds. The molecular formula is C12H18O4S. The summed E-state index contributed by atoms with van der Waals surface area (Å²) in [6.07, 6.45) is 5.16. The normalized spacial score (nSPS) is 42.8. The first-order chi connectivity index (χ1) is 8.03. The van der Waals surface area contributed by atoms with Gasteiger partial charge in [-0.1, -0.05) is 0 Å². The van der Waals surface area contributed by atoms with Crippen LogP contribution in [0.25, 0.3) is 0 Å². The minimum atomic E-state index is -2.99. The molecule has 0 aromatic rings. The zero-order chi connectivity index (χ0) is 12.0. The zero-order valence-electron chi connectivity index (χ0n) is 9.80. The second-order valence-electron chi connectivity index (χ2n) is 5.75. The average molecular weight is 258 g/mol. The largest absolute Gasteiger partial charge is 0.462 e. The maximum atomic E-state index is 11.9. The Morgan fingerprint density at radius 2 is 1.94 bits per heavy atom. The molecule has 4 nitrogen and oxygen atoms in total. The average Bonchev–Trinajstić information content (AvgIpc) is 2.92. The van der Waals surface area contributed by atoms with Crippen molar-refractivity contribution in [3.8, 4) is 0 Å². The molecule has 1 aliphatic heterocycles. The second kappa shape index (κ2) is 3.97. The first-order valence-corrected chi connectivity index (χ1v) is 8.26. The van der Waals surface area contributed by atoms with Gasteiger partial charge >= 0.3 is 5.97 Å². The van der Waals surface area contributed by atoms with Crippen molar-refractivity contribution in [3.63, 3.8) is 0 Å². The monoisotopic (exact) mass is 258 g/mol. The SMILES string of the molecule is O=C(O[C@@H]1C[C@H]2CC[C@H]1C2)[C@H]1CCS(=O)(=O)C1. The highest BCUT2D eigenvalue weighted by Crippen LogP contribution is 2.46. The molecule has 3 fully saturated rings. The minimum Gasteiger partial charge on any atom is -0.462 e. The lowest BCUT2D eigenvalue weighted by molar-refractivity contribution is -0.155. The molecule has 0 radical (unpaired) electrons. The fraction of sp³-hybridized carbons (Fsp3) is 0.917. The molecule has 0 N–H and O–H groups in total. The molecule has 3 rings (SSSR count). The Bertz CT molecular complexity index is 428. The van der Waals surface area contributed by atoms with Crippen molar-refractivity contribution in [2.24, 2.45) is 17.8 Å². The molecule has 1 heterocycles. The quantitative estimate of drug-likeness (QED) is 0.697. The van der Waals surface area contributed by atoms with E-state index in [0.29, 0.717) is 12.3 Å². The van der Waals surface area contributed by atoms with E-state index in [1.54, 1.807) is 0 Å². The van der Waals surface area contributed by atoms with Crippen LogP contribution in [0.15, 0.2) is 0 Å². The third-order valence-corrected chi connectivity index (χ3v) is 6.27. The molecule has 2 bridgehead atoms. The van der Waals surface area contributed by atoms with Gasteiger partial charge in [-0.15, -0.1) is 0 Å². The van der Waals surface area contributed by atoms with E-state index in [4.69, 9.17) is 4.74 Å². The van der Waals surface area contributed by atoms with Crippen LogP contribution in [0, 0.1) is 17.8 Å². The number of esters is 1. The van der Waals surface area contributed by atoms with Crippen LogP contribution in [0.2, 0.25) is 0 Å². The van der Waals surface area contributed by atoms with E-state index in [1.165, 1.54) is 19.3 Å². The predicted octanol–water partition coefficient (Wildman–Crippen LogP) is 1.15. The third-order valence-electron chi connectivity index (χ3n) is 4.51. The smallest absolute Gasteiger partial charge is 0.310 e. The standard InChI is InChI=1S/C12H18O4S/c13-12(10-3-4-17(14,15)7-10)16-11-6-8-1-2-9(11)5-8/h8-11H,1-7H2/t8-,9-,10-,11+/m0/s1. The lowest BCUT2D eigenvalue weighted by Crippen LogP contribution is -2.28. The Morgan fingerprint density at radius 1 is 1.12 bits per heavy atom. The lowest BCUT2D eigenvalue weighted by atomic mass is 9.97. The Balaban J connectivity index is 1.58. The maximum Gasteiger partial charge on any atom is 0.310 e. The van der Waals surface area contributed by atoms with Crippen LogP contribution in [0.5, 0.6) is 0 Å². The molecule has 4 atom stereocenters. The molecule has 17 heavy (non-hydrogen) atoms. The van der Waals surface area contributed by atoms with Crippen LogP contribution in [0.4, 0.5) is 0 Å². The zero-order valence-corrected chi connectivity index (χ0v) is 10.6. The highest BCUT2D eigenvalue weighted by molar-refractivity contribution is 7.91. The van der Waals surface area contributed by atoms with Gasteiger partial charge in [0.1, 0.15) is 6.10 Å². The Kier molecular flexibility index (Phi) is 2.69. The van der Waals surface area contributed by atoms with E-state index in [0.717, 1.165) is 12.3 Å². The molecule has 0 spiro atoms. The summed E-state index contributed by atoms with van der Waals surface area (Å²) >= 11 is 0. The van der Waals surface area contributed by atoms with Crippen molar-refractivity contribution in [2.75, 3.05) is 11.5 Å². The molecule has 2 aliphatic carbocycles. The van der Waals surface area contributed by atoms with Crippen LogP contribution >= 0.6 is 0 Å². The van der Waals surface area contributed by atoms with Crippen molar-refractivity contribution in [1.82, 2.24) is 0 Å². The van der Waals surface area contributed by atoms with Gasteiger partial charge in [-0.05, 0) is 43.9 Å². The van der Waals surface area contributed by atoms with E-state index in [1.807, 2.05) is 0 Å². The molecule has 3 aliphatic rings. The van der Waals surface area contributed by atoms with Crippen LogP contribution in [-0.2, 0) is 19.4 Å². The number of rotatable bonds is 2. The topological polar surface area (TPSA) is 60.4 Å². The molecule has 5 heteroatoms. The molecule has 0 aromatic carbocycles. The van der Waals surface area contributed by atoms with E-state index >= 15 is 0 Å². The summed E-state index contributed by atoms with van der Waals surface area (Å²) in [5.41, 5.74) is 0. The van der Waals surface area contributed by atoms with E-state index in [2.05, 4.69) is 0 Å². The highest BCUT2D eigenvalue weighted by atomic mass is 32.2. The van der Waals surface area contributed by atoms with Crippen molar-refractivity contribution >= 4 is 15.8 Å². The summed E-state index contributed by atoms with van der Waals surface area (Å²) in [6.45, 7) is 0. The fourth-order valence-corrected chi connectivity index (χ4v) is 5.28. The van der Waals surface area contributed by atoms with Gasteiger partial charge in [0, 0.05) is 0 Å². The van der Waals surface area contributed by atoms with Crippen molar-refractivity contribution in [2.45, 2.75) is 38.2 Å². The number of carbonyl (C=O) groups is 1. The summed E-state index contributed by atoms with van der Waals surface area (Å²) in [4.78, 5) is 11.9. The molecule has 2 saturated carbocycles. The van der Waals surface area contributed by atoms with Crippen molar-refractivity contribution in [3.05, 3.63) is 0 Å². The van der Waals surface area contributed by atoms with Gasteiger partial charge in [-0.25, -0.2) is 8.42 Å². The summed E-state index contributed by atoms with van der Waals surface area (Å²) < 4.78 is 28.1. The van der Waals surface area contributed by atoms with Crippen LogP contribution < -0.4 is 0 Å². The van der Waals surface area contributed by atoms with Crippen molar-refractivity contribution < 1.29 is 17.9 Å². The Labute approximate surface area is 102 Å². The van der Waals surface area contributed by atoms with E-state index < -0.39 is 15.8 Å². The number of carbonyl (C=O) groups excluding carboxylic acids is 1. The van der Waals surface area contributed by atoms with Gasteiger partial charge in [0.15, 0.2) is 9.84 Å². The third kappa shape index (κ3) is 2.21. The van der Waals surface area contributed by atoms with Gasteiger partial charge in [-0.2, -0.15) is 0 Å². The summed E-state index contributed by atoms with van der Waals surface area (Å²) in [5.74, 6) is 0.741. The first kappa shape index (κ1) is 11.5. The number of hydrogen-bond donors (Lipinski definition) is 0. The predicted molar refractivity (Wildman–Crippen MR) is 62.1 cm³/mol. The molecular weight excluding hydrogens is 240 g/mol. The van der Waals surface area contributed by atoms with E-state index in [9.17, 15) is 13.2 Å². The highest BCUT2D eigenvalue weighted by Gasteiger charge is 2.43. The summed E-state index contributed by atoms with van der Waals surface area (Å²) in [6, 6.07) is 0. The fourth-order valence-electron chi connectivity index (χ4n) is 3.56. The van der Waals surface area contributed by atoms with E-state index in [-0.39, 0.29) is 23.6 Å². The number of sulfone groups is 1. The van der Waals surface area contributed by atoms with Gasteiger partial charge in [0.05, 0.1) is 17.4 Å². The summed E-state index contributed by atoms with van der Waals surface area (Å²) in [7, 11) is -2.99. The molecule has 96 valence electrons. The molecule has 0 unspecified atom stereocenters. The first-order valence-electron chi connectivity index (χ1n) is 6.44. The van der Waals surface area contributed by atoms with Gasteiger partial charge in [0.2, 0.25) is 0 Å². The number of fused-ring (bicyclic) bond motifs is 2. The van der Waals surface area contributed by atoms with Crippen LogP contribution in [-0.4, -0.2) is 32.0 Å². The second-order valence-corrected chi connectivity index (χ2v) is 7.98. The van der Waals surface area contributed by atoms with Crippen LogP contribution in [0.1, 0.15) is 32.1 Å². The number of hydrogen-bond acceptors (Lipinski definition) is 4. The molecule has 1 saturated heterocycles. The van der Waals surface area contributed by atoms with Gasteiger partial charge in [0.25, 0.3) is 0 Å². The van der Waals surface area contributed by atoms with Crippen molar-refractivity contribution in [1.29, 1.82) is 0 Å². The van der Waals surface area contributed by atoms with Gasteiger partial charge in [-0.3, -0.25) is 4.79 Å². The van der Waals surface area contributed by atoms with Crippen LogP contribution in [0.3, 0.4) is 0 Å². The number of ether oxygens (including phenoxy) is 1. The van der Waals surface area contributed by atoms with Gasteiger partial charge < -0.3 is 4.74 Å². The minimum absolute atomic E-state index is 0.00729. The Hall–Kier alpha value is -0.580. The lowest BCUT2D eigenvalue weighted by Gasteiger charge is -2.23. The molecule has 0 aromatic heterocycles.